The Hall–Kier alpha value is -0.968. The van der Waals surface area contributed by atoms with Crippen LogP contribution in [0, 0.1) is 12.8 Å². The first kappa shape index (κ1) is 19.4. The molecule has 1 aliphatic carbocycles. The van der Waals surface area contributed by atoms with E-state index in [9.17, 15) is 0 Å². The largest absolute Gasteiger partial charge is 0.462 e. The molecule has 2 aliphatic rings. The molecule has 1 nitrogen and oxygen atoms in total. The second-order valence-corrected chi connectivity index (χ2v) is 7.14. The number of rotatable bonds is 6. The first-order valence-electron chi connectivity index (χ1n) is 9.15. The van der Waals surface area contributed by atoms with E-state index in [-0.39, 0.29) is 17.4 Å². The molecule has 0 bridgehead atoms. The molecule has 1 heterocycles. The van der Waals surface area contributed by atoms with Crippen molar-refractivity contribution < 1.29 is 22.1 Å². The van der Waals surface area contributed by atoms with E-state index in [1.165, 1.54) is 55.2 Å². The molecule has 0 radical (unpaired) electrons. The summed E-state index contributed by atoms with van der Waals surface area (Å²) in [4.78, 5) is 0. The van der Waals surface area contributed by atoms with Gasteiger partial charge in [0.05, 0.1) is 0 Å². The number of unbranched alkanes of at least 4 members (excludes halogenated alkanes) is 4. The van der Waals surface area contributed by atoms with Crippen LogP contribution < -0.4 is 4.74 Å². The molecule has 0 saturated heterocycles. The van der Waals surface area contributed by atoms with Crippen LogP contribution in [-0.4, -0.2) is 0 Å². The number of aryl methyl sites for hydroxylation is 1. The normalized spacial score (nSPS) is 21.9. The average molecular weight is 361 g/mol. The molecule has 0 fully saturated rings. The molecule has 3 rings (SSSR count). The maximum Gasteiger partial charge on any atom is 0.131 e. The van der Waals surface area contributed by atoms with Crippen LogP contribution in [0.25, 0.3) is 0 Å². The van der Waals surface area contributed by atoms with Crippen molar-refractivity contribution >= 4 is 0 Å². The average Bonchev–Trinajstić information content (AvgIpc) is 2.54. The Morgan fingerprint density at radius 2 is 2.00 bits per heavy atom. The smallest absolute Gasteiger partial charge is 0.131 e. The van der Waals surface area contributed by atoms with Crippen LogP contribution in [0.2, 0.25) is 0 Å². The Morgan fingerprint density at radius 3 is 2.79 bits per heavy atom. The molecule has 1 aliphatic heterocycles. The second-order valence-electron chi connectivity index (χ2n) is 7.14. The van der Waals surface area contributed by atoms with Gasteiger partial charge in [0, 0.05) is 34.8 Å². The quantitative estimate of drug-likeness (QED) is 0.325. The zero-order valence-electron chi connectivity index (χ0n) is 14.9. The Kier molecular flexibility index (Phi) is 7.20. The Labute approximate surface area is 158 Å². The van der Waals surface area contributed by atoms with Crippen LogP contribution in [0.5, 0.6) is 5.75 Å². The van der Waals surface area contributed by atoms with Gasteiger partial charge in [0.25, 0.3) is 0 Å². The van der Waals surface area contributed by atoms with E-state index in [0.717, 1.165) is 24.4 Å². The van der Waals surface area contributed by atoms with Gasteiger partial charge in [-0.3, -0.25) is 0 Å². The van der Waals surface area contributed by atoms with Crippen LogP contribution >= 0.6 is 0 Å². The van der Waals surface area contributed by atoms with E-state index in [4.69, 9.17) is 4.74 Å². The molecule has 0 spiro atoms. The van der Waals surface area contributed by atoms with Gasteiger partial charge >= 0.3 is 0 Å². The minimum absolute atomic E-state index is 0. The second kappa shape index (κ2) is 8.93. The maximum atomic E-state index is 6.09. The zero-order valence-corrected chi connectivity index (χ0v) is 16.1. The monoisotopic (exact) mass is 361 g/mol. The van der Waals surface area contributed by atoms with Gasteiger partial charge in [0.2, 0.25) is 0 Å². The van der Waals surface area contributed by atoms with Gasteiger partial charge in [-0.2, -0.15) is 6.42 Å². The fraction of sp³-hybridized carbons (Fsp3) is 0.500. The van der Waals surface area contributed by atoms with E-state index < -0.39 is 0 Å². The topological polar surface area (TPSA) is 9.23 Å². The van der Waals surface area contributed by atoms with Crippen LogP contribution in [0.15, 0.2) is 42.2 Å². The van der Waals surface area contributed by atoms with Crippen molar-refractivity contribution in [2.45, 2.75) is 64.2 Å². The number of ether oxygens (including phenoxy) is 1. The summed E-state index contributed by atoms with van der Waals surface area (Å²) >= 11 is 0. The Balaban J connectivity index is 0.00000208. The molecule has 2 heteroatoms. The van der Waals surface area contributed by atoms with Gasteiger partial charge in [-0.1, -0.05) is 49.6 Å². The third-order valence-electron chi connectivity index (χ3n) is 5.30. The standard InChI is InChI=1S/C22H29O.Cr/c1-4-5-6-7-8-9-18-11-13-20-21-14-16(2)10-12-19(21)17(3)23-22(20)15-18;/h11,13-15,19,21H,1,3-10,12H2,2H3;/q-1;. The van der Waals surface area contributed by atoms with Crippen molar-refractivity contribution in [3.63, 3.8) is 0 Å². The first-order chi connectivity index (χ1) is 11.2. The number of fused-ring (bicyclic) bond motifs is 3. The summed E-state index contributed by atoms with van der Waals surface area (Å²) in [6.45, 7) is 10.3. The van der Waals surface area contributed by atoms with Crippen LogP contribution in [0.3, 0.4) is 0 Å². The van der Waals surface area contributed by atoms with Crippen molar-refractivity contribution in [2.24, 2.45) is 5.92 Å². The molecule has 0 N–H and O–H groups in total. The van der Waals surface area contributed by atoms with Crippen molar-refractivity contribution in [1.29, 1.82) is 0 Å². The van der Waals surface area contributed by atoms with E-state index in [1.807, 2.05) is 0 Å². The molecule has 0 saturated carbocycles. The van der Waals surface area contributed by atoms with Gasteiger partial charge in [-0.25, -0.2) is 0 Å². The molecule has 2 atom stereocenters. The van der Waals surface area contributed by atoms with Crippen molar-refractivity contribution in [1.82, 2.24) is 0 Å². The van der Waals surface area contributed by atoms with Gasteiger partial charge in [0.1, 0.15) is 11.5 Å². The van der Waals surface area contributed by atoms with Gasteiger partial charge in [-0.05, 0) is 44.2 Å². The molecule has 1 aromatic rings. The van der Waals surface area contributed by atoms with Crippen molar-refractivity contribution in [3.8, 4) is 5.75 Å². The number of hydrogen-bond acceptors (Lipinski definition) is 1. The SMILES string of the molecule is C=C1Oc2cc(CCCCCC[CH2-])ccc2C2C=C(C)CCC12.[Cr]. The number of allylic oxidation sites excluding steroid dienone is 3. The Bertz CT molecular complexity index is 602. The molecule has 24 heavy (non-hydrogen) atoms. The molecular weight excluding hydrogens is 332 g/mol. The summed E-state index contributed by atoms with van der Waals surface area (Å²) in [5, 5.41) is 0. The summed E-state index contributed by atoms with van der Waals surface area (Å²) in [6.07, 6.45) is 12.1. The maximum absolute atomic E-state index is 6.09. The van der Waals surface area contributed by atoms with Crippen LogP contribution in [0.1, 0.15) is 68.9 Å². The molecule has 130 valence electrons. The fourth-order valence-corrected chi connectivity index (χ4v) is 3.91. The molecule has 0 aromatic heterocycles. The minimum Gasteiger partial charge on any atom is -0.462 e. The predicted octanol–water partition coefficient (Wildman–Crippen LogP) is 6.36. The van der Waals surface area contributed by atoms with Gasteiger partial charge in [-0.15, -0.1) is 0 Å². The van der Waals surface area contributed by atoms with E-state index in [0.29, 0.717) is 11.8 Å². The van der Waals surface area contributed by atoms with Crippen molar-refractivity contribution in [3.05, 3.63) is 60.2 Å². The third-order valence-corrected chi connectivity index (χ3v) is 5.30. The fourth-order valence-electron chi connectivity index (χ4n) is 3.91. The van der Waals surface area contributed by atoms with Crippen molar-refractivity contribution in [2.75, 3.05) is 0 Å². The molecule has 2 unspecified atom stereocenters. The molecular formula is C22H29CrO-. The van der Waals surface area contributed by atoms with Crippen LogP contribution in [-0.2, 0) is 23.8 Å². The first-order valence-corrected chi connectivity index (χ1v) is 9.15. The summed E-state index contributed by atoms with van der Waals surface area (Å²) in [5.74, 6) is 2.92. The molecule has 1 aromatic carbocycles. The number of benzene rings is 1. The minimum atomic E-state index is 0. The van der Waals surface area contributed by atoms with Gasteiger partial charge in [0.15, 0.2) is 0 Å². The summed E-state index contributed by atoms with van der Waals surface area (Å²) in [6, 6.07) is 6.84. The zero-order chi connectivity index (χ0) is 16.2. The summed E-state index contributed by atoms with van der Waals surface area (Å²) in [5.41, 5.74) is 4.24. The predicted molar refractivity (Wildman–Crippen MR) is 97.6 cm³/mol. The molecule has 0 amide bonds. The third kappa shape index (κ3) is 4.35. The van der Waals surface area contributed by atoms with Crippen LogP contribution in [0.4, 0.5) is 0 Å². The van der Waals surface area contributed by atoms with E-state index in [2.05, 4.69) is 44.7 Å². The van der Waals surface area contributed by atoms with E-state index >= 15 is 0 Å². The van der Waals surface area contributed by atoms with Gasteiger partial charge < -0.3 is 11.7 Å². The number of hydrogen-bond donors (Lipinski definition) is 0. The van der Waals surface area contributed by atoms with E-state index in [1.54, 1.807) is 0 Å². The summed E-state index contributed by atoms with van der Waals surface area (Å²) in [7, 11) is 0. The Morgan fingerprint density at radius 1 is 1.21 bits per heavy atom. The summed E-state index contributed by atoms with van der Waals surface area (Å²) < 4.78 is 6.09.